The second kappa shape index (κ2) is 13.9. The van der Waals surface area contributed by atoms with E-state index in [0.717, 1.165) is 5.69 Å². The highest BCUT2D eigenvalue weighted by molar-refractivity contribution is 5.89. The molecule has 40 heavy (non-hydrogen) atoms. The van der Waals surface area contributed by atoms with Crippen LogP contribution in [-0.4, -0.2) is 85.7 Å². The molecule has 12 heteroatoms. The number of nitrogens with zero attached hydrogens (tertiary/aromatic N) is 6. The fourth-order valence-electron chi connectivity index (χ4n) is 4.48. The Labute approximate surface area is 233 Å². The number of carbonyl (C=O) groups is 2. The van der Waals surface area contributed by atoms with Gasteiger partial charge in [0.2, 0.25) is 11.8 Å². The van der Waals surface area contributed by atoms with E-state index in [1.807, 2.05) is 19.9 Å². The number of carbonyl (C=O) groups excluding carboxylic acids is 2. The predicted molar refractivity (Wildman–Crippen MR) is 148 cm³/mol. The van der Waals surface area contributed by atoms with Crippen LogP contribution in [0, 0.1) is 5.92 Å². The molecule has 12 nitrogen and oxygen atoms in total. The molecule has 3 heterocycles. The molecular formula is C28H37N7O5. The number of hydrogen-bond acceptors (Lipinski definition) is 8. The van der Waals surface area contributed by atoms with Crippen molar-refractivity contribution in [2.45, 2.75) is 52.0 Å². The number of ether oxygens (including phenoxy) is 2. The van der Waals surface area contributed by atoms with Gasteiger partial charge in [-0.2, -0.15) is 0 Å². The third-order valence-corrected chi connectivity index (χ3v) is 6.89. The number of aryl methyl sites for hydroxylation is 1. The smallest absolute Gasteiger partial charge is 0.321 e. The summed E-state index contributed by atoms with van der Waals surface area (Å²) >= 11 is 0. The van der Waals surface area contributed by atoms with Crippen LogP contribution in [0.3, 0.4) is 0 Å². The van der Waals surface area contributed by atoms with Gasteiger partial charge in [0.25, 0.3) is 0 Å². The lowest BCUT2D eigenvalue weighted by atomic mass is 10.0. The molecule has 0 bridgehead atoms. The maximum Gasteiger partial charge on any atom is 0.321 e. The van der Waals surface area contributed by atoms with Crippen molar-refractivity contribution < 1.29 is 24.2 Å². The number of anilines is 1. The Kier molecular flexibility index (Phi) is 10.0. The van der Waals surface area contributed by atoms with Gasteiger partial charge in [-0.15, -0.1) is 5.10 Å². The number of benzene rings is 1. The zero-order chi connectivity index (χ0) is 28.5. The van der Waals surface area contributed by atoms with Crippen LogP contribution >= 0.6 is 0 Å². The number of aromatic nitrogens is 4. The number of aliphatic hydroxyl groups excluding tert-OH is 1. The lowest BCUT2D eigenvalue weighted by molar-refractivity contribution is -0.136. The standard InChI is InChI=1S/C28H37N7O5/c1-20-16-34(21(2)18-36)27(37)11-7-13-35-23(15-30-32-35)19-39-25(20)17-33(3)28(38)31-22-8-6-9-24(14-22)40-26-10-4-5-12-29-26/h4-6,8-10,12,14-15,20-21,25,36H,7,11,13,16-19H2,1-3H3,(H,31,38)/t20-,21-,25+/m0/s1. The van der Waals surface area contributed by atoms with Gasteiger partial charge in [0.05, 0.1) is 37.3 Å². The van der Waals surface area contributed by atoms with E-state index < -0.39 is 6.10 Å². The molecule has 1 aromatic carbocycles. The molecule has 0 aliphatic carbocycles. The number of likely N-dealkylation sites (N-methyl/N-ethyl adjacent to an activating group) is 1. The fraction of sp³-hybridized carbons (Fsp3) is 0.464. The van der Waals surface area contributed by atoms with Crippen molar-refractivity contribution in [3.63, 3.8) is 0 Å². The molecule has 1 aliphatic heterocycles. The molecule has 0 saturated heterocycles. The van der Waals surface area contributed by atoms with Gasteiger partial charge in [0.15, 0.2) is 0 Å². The molecule has 0 unspecified atom stereocenters. The Hall–Kier alpha value is -4.03. The van der Waals surface area contributed by atoms with Crippen molar-refractivity contribution >= 4 is 17.6 Å². The van der Waals surface area contributed by atoms with Crippen LogP contribution in [0.5, 0.6) is 11.6 Å². The molecule has 214 valence electrons. The Morgan fingerprint density at radius 1 is 1.30 bits per heavy atom. The highest BCUT2D eigenvalue weighted by Crippen LogP contribution is 2.23. The Morgan fingerprint density at radius 2 is 2.15 bits per heavy atom. The quantitative estimate of drug-likeness (QED) is 0.457. The molecule has 0 spiro atoms. The van der Waals surface area contributed by atoms with E-state index in [-0.39, 0.29) is 43.7 Å². The molecular weight excluding hydrogens is 514 g/mol. The first-order valence-corrected chi connectivity index (χ1v) is 13.4. The monoisotopic (exact) mass is 551 g/mol. The van der Waals surface area contributed by atoms with Crippen LogP contribution in [0.2, 0.25) is 0 Å². The molecule has 0 saturated carbocycles. The summed E-state index contributed by atoms with van der Waals surface area (Å²) in [7, 11) is 1.70. The summed E-state index contributed by atoms with van der Waals surface area (Å²) in [5, 5.41) is 20.8. The lowest BCUT2D eigenvalue weighted by Crippen LogP contribution is -2.48. The van der Waals surface area contributed by atoms with E-state index >= 15 is 0 Å². The molecule has 2 N–H and O–H groups in total. The molecule has 0 radical (unpaired) electrons. The number of amides is 3. The highest BCUT2D eigenvalue weighted by Gasteiger charge is 2.29. The van der Waals surface area contributed by atoms with Crippen molar-refractivity contribution in [2.24, 2.45) is 5.92 Å². The number of rotatable bonds is 7. The van der Waals surface area contributed by atoms with Crippen molar-refractivity contribution in [1.29, 1.82) is 0 Å². The molecule has 0 fully saturated rings. The number of pyridine rings is 1. The van der Waals surface area contributed by atoms with Crippen molar-refractivity contribution in [1.82, 2.24) is 29.8 Å². The Morgan fingerprint density at radius 3 is 2.92 bits per heavy atom. The van der Waals surface area contributed by atoms with E-state index in [4.69, 9.17) is 9.47 Å². The third-order valence-electron chi connectivity index (χ3n) is 6.89. The minimum atomic E-state index is -0.404. The van der Waals surface area contributed by atoms with Gasteiger partial charge < -0.3 is 29.7 Å². The fourth-order valence-corrected chi connectivity index (χ4v) is 4.48. The first kappa shape index (κ1) is 29.0. The number of fused-ring (bicyclic) bond motifs is 1. The van der Waals surface area contributed by atoms with Crippen molar-refractivity contribution in [2.75, 3.05) is 32.1 Å². The van der Waals surface area contributed by atoms with Gasteiger partial charge in [-0.3, -0.25) is 4.79 Å². The second-order valence-corrected chi connectivity index (χ2v) is 10.1. The molecule has 2 aromatic heterocycles. The molecule has 1 aliphatic rings. The SMILES string of the molecule is C[C@H]1CN([C@@H](C)CO)C(=O)CCCn2nncc2CO[C@@H]1CN(C)C(=O)Nc1cccc(Oc2ccccn2)c1. The second-order valence-electron chi connectivity index (χ2n) is 10.1. The summed E-state index contributed by atoms with van der Waals surface area (Å²) in [6, 6.07) is 11.8. The van der Waals surface area contributed by atoms with Gasteiger partial charge in [-0.05, 0) is 31.5 Å². The minimum Gasteiger partial charge on any atom is -0.439 e. The van der Waals surface area contributed by atoms with Crippen LogP contribution in [0.15, 0.2) is 54.9 Å². The topological polar surface area (TPSA) is 135 Å². The summed E-state index contributed by atoms with van der Waals surface area (Å²) in [4.78, 5) is 33.6. The maximum atomic E-state index is 13.2. The zero-order valence-corrected chi connectivity index (χ0v) is 23.1. The van der Waals surface area contributed by atoms with Crippen molar-refractivity contribution in [3.8, 4) is 11.6 Å². The van der Waals surface area contributed by atoms with E-state index in [2.05, 4.69) is 20.6 Å². The minimum absolute atomic E-state index is 0.0340. The normalized spacial score (nSPS) is 19.1. The Balaban J connectivity index is 1.45. The molecule has 3 aromatic rings. The van der Waals surface area contributed by atoms with Crippen LogP contribution in [0.4, 0.5) is 10.5 Å². The number of aliphatic hydroxyl groups is 1. The van der Waals surface area contributed by atoms with Crippen LogP contribution in [-0.2, 0) is 22.7 Å². The largest absolute Gasteiger partial charge is 0.439 e. The summed E-state index contributed by atoms with van der Waals surface area (Å²) in [6.45, 7) is 5.15. The first-order chi connectivity index (χ1) is 19.3. The Bertz CT molecular complexity index is 1250. The summed E-state index contributed by atoms with van der Waals surface area (Å²) in [6.07, 6.45) is 3.85. The maximum absolute atomic E-state index is 13.2. The highest BCUT2D eigenvalue weighted by atomic mass is 16.5. The summed E-state index contributed by atoms with van der Waals surface area (Å²) in [5.74, 6) is 0.833. The number of urea groups is 1. The van der Waals surface area contributed by atoms with Gasteiger partial charge >= 0.3 is 6.03 Å². The summed E-state index contributed by atoms with van der Waals surface area (Å²) in [5.41, 5.74) is 1.38. The zero-order valence-electron chi connectivity index (χ0n) is 23.1. The average molecular weight is 552 g/mol. The molecule has 3 atom stereocenters. The number of nitrogens with one attached hydrogen (secondary N) is 1. The van der Waals surface area contributed by atoms with E-state index in [1.54, 1.807) is 70.3 Å². The van der Waals surface area contributed by atoms with Crippen LogP contribution in [0.1, 0.15) is 32.4 Å². The van der Waals surface area contributed by atoms with Crippen LogP contribution < -0.4 is 10.1 Å². The average Bonchev–Trinajstić information content (AvgIpc) is 3.40. The van der Waals surface area contributed by atoms with E-state index in [9.17, 15) is 14.7 Å². The van der Waals surface area contributed by atoms with Crippen LogP contribution in [0.25, 0.3) is 0 Å². The molecule has 4 rings (SSSR count). The number of hydrogen-bond donors (Lipinski definition) is 2. The van der Waals surface area contributed by atoms with Gasteiger partial charge in [0, 0.05) is 63.0 Å². The van der Waals surface area contributed by atoms with Gasteiger partial charge in [0.1, 0.15) is 5.75 Å². The van der Waals surface area contributed by atoms with E-state index in [1.165, 1.54) is 0 Å². The van der Waals surface area contributed by atoms with Gasteiger partial charge in [-0.1, -0.05) is 24.3 Å². The van der Waals surface area contributed by atoms with Gasteiger partial charge in [-0.25, -0.2) is 14.5 Å². The predicted octanol–water partition coefficient (Wildman–Crippen LogP) is 3.15. The van der Waals surface area contributed by atoms with E-state index in [0.29, 0.717) is 43.2 Å². The summed E-state index contributed by atoms with van der Waals surface area (Å²) < 4.78 is 13.8. The van der Waals surface area contributed by atoms with Crippen molar-refractivity contribution in [3.05, 3.63) is 60.6 Å². The lowest BCUT2D eigenvalue weighted by Gasteiger charge is -2.35. The molecule has 3 amide bonds. The first-order valence-electron chi connectivity index (χ1n) is 13.4. The third kappa shape index (κ3) is 7.76.